The van der Waals surface area contributed by atoms with Gasteiger partial charge in [0.2, 0.25) is 0 Å². The second kappa shape index (κ2) is 10.9. The number of benzene rings is 1. The lowest BCUT2D eigenvalue weighted by molar-refractivity contribution is -0.140. The van der Waals surface area contributed by atoms with E-state index in [1.807, 2.05) is 0 Å². The van der Waals surface area contributed by atoms with Gasteiger partial charge in [-0.3, -0.25) is 20.4 Å². The summed E-state index contributed by atoms with van der Waals surface area (Å²) >= 11 is 16.7. The van der Waals surface area contributed by atoms with Gasteiger partial charge in [0.15, 0.2) is 11.7 Å². The molecule has 10 heteroatoms. The molecule has 0 unspecified atom stereocenters. The quantitative estimate of drug-likeness (QED) is 0.281. The van der Waals surface area contributed by atoms with Gasteiger partial charge in [-0.2, -0.15) is 0 Å². The van der Waals surface area contributed by atoms with Gasteiger partial charge in [-0.15, -0.1) is 0 Å². The van der Waals surface area contributed by atoms with Crippen molar-refractivity contribution in [3.8, 4) is 5.75 Å². The van der Waals surface area contributed by atoms with E-state index in [0.717, 1.165) is 0 Å². The predicted octanol–water partition coefficient (Wildman–Crippen LogP) is 1.82. The van der Waals surface area contributed by atoms with Crippen LogP contribution in [0.4, 0.5) is 0 Å². The van der Waals surface area contributed by atoms with Crippen LogP contribution in [-0.4, -0.2) is 37.3 Å². The van der Waals surface area contributed by atoms with Crippen LogP contribution in [0.2, 0.25) is 10.0 Å². The Labute approximate surface area is 154 Å². The Morgan fingerprint density at radius 1 is 1.25 bits per heavy atom. The third kappa shape index (κ3) is 8.19. The zero-order chi connectivity index (χ0) is 17.9. The summed E-state index contributed by atoms with van der Waals surface area (Å²) in [6.07, 6.45) is 0.842. The number of hydrogen-bond donors (Lipinski definition) is 3. The van der Waals surface area contributed by atoms with Crippen LogP contribution in [0, 0.1) is 0 Å². The van der Waals surface area contributed by atoms with Crippen molar-refractivity contribution in [1.82, 2.24) is 16.2 Å². The minimum absolute atomic E-state index is 0.220. The molecule has 0 saturated heterocycles. The molecule has 0 bridgehead atoms. The first-order valence-corrected chi connectivity index (χ1v) is 8.06. The van der Waals surface area contributed by atoms with Crippen LogP contribution >= 0.6 is 35.4 Å². The number of amides is 1. The third-order valence-corrected chi connectivity index (χ3v) is 3.42. The summed E-state index contributed by atoms with van der Waals surface area (Å²) in [5.74, 6) is -0.388. The normalized spacial score (nSPS) is 9.79. The molecule has 1 rings (SSSR count). The van der Waals surface area contributed by atoms with E-state index in [1.54, 1.807) is 12.1 Å². The molecule has 132 valence electrons. The first kappa shape index (κ1) is 20.3. The first-order valence-electron chi connectivity index (χ1n) is 6.89. The Morgan fingerprint density at radius 3 is 2.67 bits per heavy atom. The van der Waals surface area contributed by atoms with E-state index < -0.39 is 5.91 Å². The molecule has 0 atom stereocenters. The van der Waals surface area contributed by atoms with Crippen LogP contribution in [0.1, 0.15) is 12.8 Å². The molecule has 0 aliphatic carbocycles. The maximum absolute atomic E-state index is 11.6. The third-order valence-electron chi connectivity index (χ3n) is 2.64. The number of esters is 1. The molecule has 1 aromatic rings. The van der Waals surface area contributed by atoms with Gasteiger partial charge < -0.3 is 14.8 Å². The van der Waals surface area contributed by atoms with Crippen molar-refractivity contribution in [2.24, 2.45) is 0 Å². The first-order chi connectivity index (χ1) is 11.4. The van der Waals surface area contributed by atoms with Gasteiger partial charge in [0.25, 0.3) is 5.91 Å². The SMILES string of the molecule is COC(=O)CCCNC(=S)NNC(=O)COc1ccc(Cl)cc1Cl. The zero-order valence-corrected chi connectivity index (χ0v) is 15.2. The number of carbonyl (C=O) groups is 2. The lowest BCUT2D eigenvalue weighted by Gasteiger charge is -2.12. The number of nitrogens with one attached hydrogen (secondary N) is 3. The molecule has 0 heterocycles. The van der Waals surface area contributed by atoms with Crippen molar-refractivity contribution in [2.45, 2.75) is 12.8 Å². The molecule has 0 fully saturated rings. The lowest BCUT2D eigenvalue weighted by atomic mass is 10.3. The second-order valence-electron chi connectivity index (χ2n) is 4.47. The largest absolute Gasteiger partial charge is 0.482 e. The topological polar surface area (TPSA) is 88.7 Å². The summed E-state index contributed by atoms with van der Waals surface area (Å²) in [6, 6.07) is 4.69. The molecule has 0 saturated carbocycles. The Bertz CT molecular complexity index is 601. The van der Waals surface area contributed by atoms with Gasteiger partial charge in [0, 0.05) is 18.0 Å². The molecule has 24 heavy (non-hydrogen) atoms. The number of carbonyl (C=O) groups excluding carboxylic acids is 2. The van der Waals surface area contributed by atoms with E-state index in [4.69, 9.17) is 40.2 Å². The zero-order valence-electron chi connectivity index (χ0n) is 12.9. The Kier molecular flexibility index (Phi) is 9.21. The lowest BCUT2D eigenvalue weighted by Crippen LogP contribution is -2.48. The van der Waals surface area contributed by atoms with Crippen molar-refractivity contribution in [1.29, 1.82) is 0 Å². The highest BCUT2D eigenvalue weighted by Gasteiger charge is 2.07. The summed E-state index contributed by atoms with van der Waals surface area (Å²) in [6.45, 7) is 0.215. The van der Waals surface area contributed by atoms with Crippen molar-refractivity contribution in [3.05, 3.63) is 28.2 Å². The monoisotopic (exact) mass is 393 g/mol. The molecular weight excluding hydrogens is 377 g/mol. The fourth-order valence-corrected chi connectivity index (χ4v) is 2.10. The predicted molar refractivity (Wildman–Crippen MR) is 95.1 cm³/mol. The van der Waals surface area contributed by atoms with Gasteiger partial charge in [-0.05, 0) is 36.8 Å². The Hall–Kier alpha value is -1.77. The molecule has 1 aromatic carbocycles. The average molecular weight is 394 g/mol. The van der Waals surface area contributed by atoms with Crippen LogP contribution in [0.3, 0.4) is 0 Å². The van der Waals surface area contributed by atoms with E-state index in [2.05, 4.69) is 20.9 Å². The van der Waals surface area contributed by atoms with Crippen molar-refractivity contribution < 1.29 is 19.1 Å². The van der Waals surface area contributed by atoms with Crippen LogP contribution in [0.5, 0.6) is 5.75 Å². The molecule has 1 amide bonds. The molecule has 0 radical (unpaired) electrons. The number of thiocarbonyl (C=S) groups is 1. The summed E-state index contributed by atoms with van der Waals surface area (Å²) in [5.41, 5.74) is 4.88. The van der Waals surface area contributed by atoms with Crippen LogP contribution in [0.15, 0.2) is 18.2 Å². The number of hydrogen-bond acceptors (Lipinski definition) is 5. The maximum atomic E-state index is 11.6. The van der Waals surface area contributed by atoms with E-state index >= 15 is 0 Å². The standard InChI is InChI=1S/C14H17Cl2N3O4S/c1-22-13(21)3-2-6-17-14(24)19-18-12(20)8-23-11-5-4-9(15)7-10(11)16/h4-5,7H,2-3,6,8H2,1H3,(H,18,20)(H2,17,19,24). The molecule has 7 nitrogen and oxygen atoms in total. The highest BCUT2D eigenvalue weighted by Crippen LogP contribution is 2.27. The van der Waals surface area contributed by atoms with Gasteiger partial charge >= 0.3 is 5.97 Å². The summed E-state index contributed by atoms with van der Waals surface area (Å²) in [4.78, 5) is 22.6. The Morgan fingerprint density at radius 2 is 2.00 bits per heavy atom. The fourth-order valence-electron chi connectivity index (χ4n) is 1.48. The number of methoxy groups -OCH3 is 1. The average Bonchev–Trinajstić information content (AvgIpc) is 2.55. The van der Waals surface area contributed by atoms with Crippen molar-refractivity contribution in [3.63, 3.8) is 0 Å². The van der Waals surface area contributed by atoms with Crippen molar-refractivity contribution >= 4 is 52.4 Å². The van der Waals surface area contributed by atoms with Gasteiger partial charge in [0.1, 0.15) is 5.75 Å². The molecule has 0 aliphatic heterocycles. The number of hydrazine groups is 1. The molecule has 0 aliphatic rings. The minimum Gasteiger partial charge on any atom is -0.482 e. The van der Waals surface area contributed by atoms with E-state index in [-0.39, 0.29) is 24.1 Å². The van der Waals surface area contributed by atoms with E-state index in [1.165, 1.54) is 13.2 Å². The highest BCUT2D eigenvalue weighted by atomic mass is 35.5. The van der Waals surface area contributed by atoms with Crippen molar-refractivity contribution in [2.75, 3.05) is 20.3 Å². The van der Waals surface area contributed by atoms with Gasteiger partial charge in [-0.1, -0.05) is 23.2 Å². The summed E-state index contributed by atoms with van der Waals surface area (Å²) in [5, 5.41) is 3.83. The molecule has 0 spiro atoms. The molecule has 3 N–H and O–H groups in total. The smallest absolute Gasteiger partial charge is 0.305 e. The van der Waals surface area contributed by atoms with E-state index in [9.17, 15) is 9.59 Å². The summed E-state index contributed by atoms with van der Waals surface area (Å²) in [7, 11) is 1.33. The molecular formula is C14H17Cl2N3O4S. The van der Waals surface area contributed by atoms with Crippen LogP contribution in [-0.2, 0) is 14.3 Å². The maximum Gasteiger partial charge on any atom is 0.305 e. The van der Waals surface area contributed by atoms with Gasteiger partial charge in [-0.25, -0.2) is 0 Å². The Balaban J connectivity index is 2.19. The number of rotatable bonds is 7. The fraction of sp³-hybridized carbons (Fsp3) is 0.357. The minimum atomic E-state index is -0.445. The highest BCUT2D eigenvalue weighted by molar-refractivity contribution is 7.80. The number of halogens is 2. The second-order valence-corrected chi connectivity index (χ2v) is 5.72. The molecule has 0 aromatic heterocycles. The summed E-state index contributed by atoms with van der Waals surface area (Å²) < 4.78 is 9.78. The van der Waals surface area contributed by atoms with Crippen LogP contribution in [0.25, 0.3) is 0 Å². The number of ether oxygens (including phenoxy) is 2. The van der Waals surface area contributed by atoms with Crippen LogP contribution < -0.4 is 20.9 Å². The van der Waals surface area contributed by atoms with Gasteiger partial charge in [0.05, 0.1) is 12.1 Å². The van der Waals surface area contributed by atoms with E-state index in [0.29, 0.717) is 28.8 Å².